The van der Waals surface area contributed by atoms with Crippen LogP contribution in [0, 0.1) is 15.9 Å². The average molecular weight is 268 g/mol. The number of hydrogen-bond acceptors (Lipinski definition) is 2. The molecular formula is C7H8BrFNO2P. The Kier molecular flexibility index (Phi) is 5.03. The first-order valence-corrected chi connectivity index (χ1v) is 4.37. The van der Waals surface area contributed by atoms with Gasteiger partial charge in [0, 0.05) is 6.07 Å². The van der Waals surface area contributed by atoms with Crippen molar-refractivity contribution in [3.05, 3.63) is 39.7 Å². The zero-order valence-corrected chi connectivity index (χ0v) is 9.67. The zero-order chi connectivity index (χ0) is 9.14. The maximum absolute atomic E-state index is 12.8. The van der Waals surface area contributed by atoms with Crippen LogP contribution in [-0.2, 0) is 6.16 Å². The van der Waals surface area contributed by atoms with E-state index in [1.807, 2.05) is 0 Å². The largest absolute Gasteiger partial charge is 1.00 e. The second-order valence-electron chi connectivity index (χ2n) is 2.29. The molecule has 1 unspecified atom stereocenters. The Hall–Kier alpha value is -0.540. The maximum Gasteiger partial charge on any atom is 0.304 e. The lowest BCUT2D eigenvalue weighted by molar-refractivity contribution is -0.387. The van der Waals surface area contributed by atoms with Crippen molar-refractivity contribution in [1.82, 2.24) is 0 Å². The molecule has 3 nitrogen and oxygen atoms in total. The molecule has 1 aromatic carbocycles. The minimum absolute atomic E-state index is 0. The molecule has 72 valence electrons. The normalized spacial score (nSPS) is 9.31. The van der Waals surface area contributed by atoms with Gasteiger partial charge in [0.25, 0.3) is 0 Å². The van der Waals surface area contributed by atoms with Crippen LogP contribution in [0.15, 0.2) is 18.2 Å². The van der Waals surface area contributed by atoms with Gasteiger partial charge in [-0.1, -0.05) is 0 Å². The van der Waals surface area contributed by atoms with Crippen LogP contribution in [0.4, 0.5) is 10.1 Å². The van der Waals surface area contributed by atoms with Crippen LogP contribution in [-0.4, -0.2) is 4.92 Å². The van der Waals surface area contributed by atoms with E-state index < -0.39 is 16.4 Å². The minimum Gasteiger partial charge on any atom is -1.00 e. The average Bonchev–Trinajstić information content (AvgIpc) is 2.03. The summed E-state index contributed by atoms with van der Waals surface area (Å²) in [5.74, 6) is -0.760. The molecule has 0 radical (unpaired) electrons. The van der Waals surface area contributed by atoms with Crippen LogP contribution < -0.4 is 17.0 Å². The summed E-state index contributed by atoms with van der Waals surface area (Å²) in [6, 6.07) is 3.96. The Morgan fingerprint density at radius 2 is 2.15 bits per heavy atom. The van der Waals surface area contributed by atoms with E-state index >= 15 is 0 Å². The highest BCUT2D eigenvalue weighted by Gasteiger charge is 2.13. The van der Waals surface area contributed by atoms with E-state index in [0.717, 1.165) is 5.56 Å². The molecule has 0 aromatic heterocycles. The number of halogens is 2. The number of nitro groups is 1. The Balaban J connectivity index is 0.00000144. The molecule has 0 bridgehead atoms. The van der Waals surface area contributed by atoms with Gasteiger partial charge in [-0.3, -0.25) is 10.1 Å². The fourth-order valence-corrected chi connectivity index (χ4v) is 1.16. The highest BCUT2D eigenvalue weighted by Crippen LogP contribution is 2.18. The van der Waals surface area contributed by atoms with Gasteiger partial charge >= 0.3 is 5.69 Å². The highest BCUT2D eigenvalue weighted by molar-refractivity contribution is 7.15. The maximum atomic E-state index is 12.8. The molecule has 1 atom stereocenters. The van der Waals surface area contributed by atoms with Crippen LogP contribution >= 0.6 is 9.24 Å². The summed E-state index contributed by atoms with van der Waals surface area (Å²) >= 11 is 0. The SMILES string of the molecule is O=[N+]([O-])c1ccc(C[PH3+])cc1F.[Br-]. The van der Waals surface area contributed by atoms with Crippen molar-refractivity contribution < 1.29 is 26.3 Å². The summed E-state index contributed by atoms with van der Waals surface area (Å²) < 4.78 is 12.8. The standard InChI is InChI=1S/C7H7FNO2P.BrH/c8-6-3-5(4-12)1-2-7(6)9(10)11;/h1-3H,4,12H2;1H. The number of nitrogens with zero attached hydrogens (tertiary/aromatic N) is 1. The van der Waals surface area contributed by atoms with E-state index in [-0.39, 0.29) is 17.0 Å². The van der Waals surface area contributed by atoms with E-state index in [9.17, 15) is 14.5 Å². The lowest BCUT2D eigenvalue weighted by Crippen LogP contribution is -3.00. The van der Waals surface area contributed by atoms with Crippen molar-refractivity contribution in [3.63, 3.8) is 0 Å². The van der Waals surface area contributed by atoms with Crippen LogP contribution in [0.3, 0.4) is 0 Å². The Bertz CT molecular complexity index is 321. The predicted molar refractivity (Wildman–Crippen MR) is 47.9 cm³/mol. The van der Waals surface area contributed by atoms with Crippen LogP contribution in [0.2, 0.25) is 0 Å². The molecular weight excluding hydrogens is 260 g/mol. The monoisotopic (exact) mass is 267 g/mol. The predicted octanol–water partition coefficient (Wildman–Crippen LogP) is -1.15. The van der Waals surface area contributed by atoms with E-state index in [1.165, 1.54) is 12.1 Å². The molecule has 0 N–H and O–H groups in total. The molecule has 0 fully saturated rings. The van der Waals surface area contributed by atoms with Gasteiger partial charge in [0.2, 0.25) is 5.82 Å². The Morgan fingerprint density at radius 1 is 1.54 bits per heavy atom. The van der Waals surface area contributed by atoms with Crippen LogP contribution in [0.1, 0.15) is 5.56 Å². The summed E-state index contributed by atoms with van der Waals surface area (Å²) in [6.07, 6.45) is 0.703. The van der Waals surface area contributed by atoms with Crippen molar-refractivity contribution in [2.24, 2.45) is 0 Å². The van der Waals surface area contributed by atoms with Gasteiger partial charge in [-0.05, 0) is 26.9 Å². The highest BCUT2D eigenvalue weighted by atomic mass is 79.9. The van der Waals surface area contributed by atoms with Crippen molar-refractivity contribution in [3.8, 4) is 0 Å². The number of nitro benzene ring substituents is 1. The molecule has 0 aliphatic carbocycles. The fourth-order valence-electron chi connectivity index (χ4n) is 0.854. The van der Waals surface area contributed by atoms with E-state index in [2.05, 4.69) is 0 Å². The fraction of sp³-hybridized carbons (Fsp3) is 0.143. The first-order chi connectivity index (χ1) is 5.65. The van der Waals surface area contributed by atoms with Crippen molar-refractivity contribution in [2.75, 3.05) is 0 Å². The number of hydrogen-bond donors (Lipinski definition) is 0. The molecule has 0 saturated carbocycles. The smallest absolute Gasteiger partial charge is 0.304 e. The first-order valence-electron chi connectivity index (χ1n) is 3.37. The van der Waals surface area contributed by atoms with Crippen molar-refractivity contribution >= 4 is 14.9 Å². The third kappa shape index (κ3) is 3.01. The second kappa shape index (κ2) is 5.25. The van der Waals surface area contributed by atoms with Crippen LogP contribution in [0.5, 0.6) is 0 Å². The summed E-state index contributed by atoms with van der Waals surface area (Å²) in [7, 11) is 1.68. The molecule has 1 rings (SSSR count). The van der Waals surface area contributed by atoms with E-state index in [0.29, 0.717) is 6.16 Å². The third-order valence-electron chi connectivity index (χ3n) is 1.50. The molecule has 0 aliphatic heterocycles. The lowest BCUT2D eigenvalue weighted by Gasteiger charge is -1.95. The summed E-state index contributed by atoms with van der Waals surface area (Å²) in [5, 5.41) is 10.2. The van der Waals surface area contributed by atoms with Crippen LogP contribution in [0.25, 0.3) is 0 Å². The second-order valence-corrected chi connectivity index (χ2v) is 2.79. The van der Waals surface area contributed by atoms with E-state index in [4.69, 9.17) is 0 Å². The van der Waals surface area contributed by atoms with Gasteiger partial charge in [0.05, 0.1) is 11.1 Å². The molecule has 1 aromatic rings. The molecule has 0 saturated heterocycles. The molecule has 0 spiro atoms. The van der Waals surface area contributed by atoms with E-state index in [1.54, 1.807) is 15.3 Å². The minimum atomic E-state index is -0.760. The van der Waals surface area contributed by atoms with Crippen molar-refractivity contribution in [1.29, 1.82) is 0 Å². The van der Waals surface area contributed by atoms with Gasteiger partial charge in [0.1, 0.15) is 0 Å². The number of rotatable bonds is 2. The molecule has 0 aliphatic rings. The third-order valence-corrected chi connectivity index (χ3v) is 2.07. The molecule has 0 heterocycles. The first kappa shape index (κ1) is 12.5. The summed E-state index contributed by atoms with van der Waals surface area (Å²) in [5.41, 5.74) is 0.312. The quantitative estimate of drug-likeness (QED) is 0.386. The molecule has 6 heteroatoms. The lowest BCUT2D eigenvalue weighted by atomic mass is 10.2. The zero-order valence-electron chi connectivity index (χ0n) is 6.67. The van der Waals surface area contributed by atoms with Gasteiger partial charge in [-0.15, -0.1) is 0 Å². The molecule has 0 amide bonds. The van der Waals surface area contributed by atoms with Crippen molar-refractivity contribution in [2.45, 2.75) is 6.16 Å². The summed E-state index contributed by atoms with van der Waals surface area (Å²) in [4.78, 5) is 9.46. The van der Waals surface area contributed by atoms with Gasteiger partial charge in [-0.2, -0.15) is 4.39 Å². The number of benzene rings is 1. The van der Waals surface area contributed by atoms with Gasteiger partial charge < -0.3 is 17.0 Å². The molecule has 13 heavy (non-hydrogen) atoms. The Labute approximate surface area is 87.5 Å². The topological polar surface area (TPSA) is 43.1 Å². The Morgan fingerprint density at radius 3 is 2.54 bits per heavy atom. The van der Waals surface area contributed by atoms with Gasteiger partial charge in [0.15, 0.2) is 0 Å². The summed E-state index contributed by atoms with van der Waals surface area (Å²) in [6.45, 7) is 0. The van der Waals surface area contributed by atoms with Gasteiger partial charge in [-0.25, -0.2) is 0 Å².